The number of sulfonamides is 1. The number of aliphatic hydroxyl groups excluding tert-OH is 2. The number of hydrogen-bond acceptors (Lipinski definition) is 5. The third-order valence-corrected chi connectivity index (χ3v) is 4.88. The summed E-state index contributed by atoms with van der Waals surface area (Å²) in [6.07, 6.45) is 0. The zero-order chi connectivity index (χ0) is 15.6. The summed E-state index contributed by atoms with van der Waals surface area (Å²) in [6.45, 7) is 0.109. The van der Waals surface area contributed by atoms with Gasteiger partial charge in [-0.05, 0) is 41.1 Å². The van der Waals surface area contributed by atoms with E-state index in [4.69, 9.17) is 15.3 Å². The Morgan fingerprint density at radius 3 is 2.35 bits per heavy atom. The SMILES string of the molecule is CC(CO)(CO)NS(=O)(=O)c1ccc(Br)c(C(=O)O)c1. The van der Waals surface area contributed by atoms with Crippen LogP contribution in [0.1, 0.15) is 17.3 Å². The van der Waals surface area contributed by atoms with Gasteiger partial charge in [0.2, 0.25) is 10.0 Å². The average Bonchev–Trinajstić information content (AvgIpc) is 2.38. The molecule has 1 aromatic rings. The van der Waals surface area contributed by atoms with E-state index in [1.807, 2.05) is 0 Å². The van der Waals surface area contributed by atoms with Crippen molar-refractivity contribution >= 4 is 31.9 Å². The van der Waals surface area contributed by atoms with Crippen LogP contribution in [0.3, 0.4) is 0 Å². The number of hydrogen-bond donors (Lipinski definition) is 4. The summed E-state index contributed by atoms with van der Waals surface area (Å²) in [5.74, 6) is -1.28. The highest BCUT2D eigenvalue weighted by molar-refractivity contribution is 9.10. The van der Waals surface area contributed by atoms with E-state index < -0.39 is 34.7 Å². The lowest BCUT2D eigenvalue weighted by Crippen LogP contribution is -2.51. The Labute approximate surface area is 124 Å². The summed E-state index contributed by atoms with van der Waals surface area (Å²) in [7, 11) is -4.07. The Bertz CT molecular complexity index is 611. The number of carbonyl (C=O) groups is 1. The molecule has 9 heteroatoms. The molecule has 0 fully saturated rings. The molecule has 20 heavy (non-hydrogen) atoms. The van der Waals surface area contributed by atoms with Crippen molar-refractivity contribution in [3.05, 3.63) is 28.2 Å². The number of aromatic carboxylic acids is 1. The van der Waals surface area contributed by atoms with Crippen LogP contribution in [0.25, 0.3) is 0 Å². The van der Waals surface area contributed by atoms with Crippen LogP contribution in [0.5, 0.6) is 0 Å². The van der Waals surface area contributed by atoms with Crippen molar-refractivity contribution in [2.24, 2.45) is 0 Å². The van der Waals surface area contributed by atoms with Gasteiger partial charge in [0.1, 0.15) is 0 Å². The molecule has 0 radical (unpaired) electrons. The highest BCUT2D eigenvalue weighted by Gasteiger charge is 2.30. The van der Waals surface area contributed by atoms with Crippen LogP contribution in [0, 0.1) is 0 Å². The van der Waals surface area contributed by atoms with Gasteiger partial charge in [0.25, 0.3) is 0 Å². The van der Waals surface area contributed by atoms with Crippen molar-refractivity contribution in [2.45, 2.75) is 17.4 Å². The molecule has 0 saturated carbocycles. The van der Waals surface area contributed by atoms with Crippen LogP contribution in [0.4, 0.5) is 0 Å². The molecule has 7 nitrogen and oxygen atoms in total. The third-order valence-electron chi connectivity index (χ3n) is 2.56. The molecular weight excluding hydrogens is 354 g/mol. The van der Waals surface area contributed by atoms with Crippen LogP contribution >= 0.6 is 15.9 Å². The van der Waals surface area contributed by atoms with Gasteiger partial charge < -0.3 is 15.3 Å². The summed E-state index contributed by atoms with van der Waals surface area (Å²) in [6, 6.07) is 3.51. The summed E-state index contributed by atoms with van der Waals surface area (Å²) in [5, 5.41) is 27.1. The minimum Gasteiger partial charge on any atom is -0.478 e. The Kier molecular flexibility index (Phi) is 5.27. The second-order valence-corrected chi connectivity index (χ2v) is 6.97. The van der Waals surface area contributed by atoms with Crippen LogP contribution in [-0.4, -0.2) is 48.5 Å². The van der Waals surface area contributed by atoms with Gasteiger partial charge in [-0.15, -0.1) is 0 Å². The molecule has 4 N–H and O–H groups in total. The van der Waals surface area contributed by atoms with Crippen molar-refractivity contribution in [1.29, 1.82) is 0 Å². The van der Waals surface area contributed by atoms with Crippen molar-refractivity contribution < 1.29 is 28.5 Å². The maximum Gasteiger partial charge on any atom is 0.336 e. The molecule has 0 spiro atoms. The van der Waals surface area contributed by atoms with Gasteiger partial charge in [0.05, 0.1) is 29.2 Å². The second-order valence-electron chi connectivity index (χ2n) is 4.43. The van der Waals surface area contributed by atoms with E-state index in [1.54, 1.807) is 0 Å². The largest absolute Gasteiger partial charge is 0.478 e. The highest BCUT2D eigenvalue weighted by atomic mass is 79.9. The Hall–Kier alpha value is -1.00. The zero-order valence-corrected chi connectivity index (χ0v) is 12.9. The van der Waals surface area contributed by atoms with E-state index in [9.17, 15) is 13.2 Å². The number of rotatable bonds is 6. The van der Waals surface area contributed by atoms with Gasteiger partial charge in [0, 0.05) is 4.47 Å². The minimum absolute atomic E-state index is 0.206. The Morgan fingerprint density at radius 2 is 1.90 bits per heavy atom. The number of benzene rings is 1. The van der Waals surface area contributed by atoms with Crippen molar-refractivity contribution in [3.63, 3.8) is 0 Å². The van der Waals surface area contributed by atoms with Crippen molar-refractivity contribution in [3.8, 4) is 0 Å². The molecule has 0 aliphatic heterocycles. The molecule has 0 aromatic heterocycles. The topological polar surface area (TPSA) is 124 Å². The lowest BCUT2D eigenvalue weighted by atomic mass is 10.1. The number of carboxylic acid groups (broad SMARTS) is 1. The molecule has 0 unspecified atom stereocenters. The summed E-state index contributed by atoms with van der Waals surface area (Å²) < 4.78 is 26.6. The fraction of sp³-hybridized carbons (Fsp3) is 0.364. The Morgan fingerprint density at radius 1 is 1.35 bits per heavy atom. The molecule has 0 aliphatic carbocycles. The lowest BCUT2D eigenvalue weighted by Gasteiger charge is -2.25. The lowest BCUT2D eigenvalue weighted by molar-refractivity contribution is 0.0695. The minimum atomic E-state index is -4.07. The number of halogens is 1. The first-order valence-corrected chi connectivity index (χ1v) is 7.71. The van der Waals surface area contributed by atoms with Gasteiger partial charge in [0.15, 0.2) is 0 Å². The molecule has 0 heterocycles. The molecular formula is C11H14BrNO6S. The van der Waals surface area contributed by atoms with E-state index in [0.717, 1.165) is 6.07 Å². The maximum absolute atomic E-state index is 12.1. The van der Waals surface area contributed by atoms with Crippen LogP contribution in [0.15, 0.2) is 27.6 Å². The van der Waals surface area contributed by atoms with Crippen molar-refractivity contribution in [2.75, 3.05) is 13.2 Å². The first-order chi connectivity index (χ1) is 9.15. The predicted octanol–water partition coefficient (Wildman–Crippen LogP) is 0.169. The summed E-state index contributed by atoms with van der Waals surface area (Å²) in [4.78, 5) is 10.7. The van der Waals surface area contributed by atoms with E-state index >= 15 is 0 Å². The highest BCUT2D eigenvalue weighted by Crippen LogP contribution is 2.22. The number of nitrogens with one attached hydrogen (secondary N) is 1. The van der Waals surface area contributed by atoms with E-state index in [2.05, 4.69) is 20.7 Å². The molecule has 0 amide bonds. The van der Waals surface area contributed by atoms with E-state index in [0.29, 0.717) is 0 Å². The quantitative estimate of drug-likeness (QED) is 0.568. The molecule has 1 aromatic carbocycles. The first-order valence-electron chi connectivity index (χ1n) is 5.44. The normalized spacial score (nSPS) is 12.4. The molecule has 0 bridgehead atoms. The molecule has 112 valence electrons. The van der Waals surface area contributed by atoms with E-state index in [1.165, 1.54) is 19.1 Å². The fourth-order valence-corrected chi connectivity index (χ4v) is 3.17. The molecule has 1 rings (SSSR count). The van der Waals surface area contributed by atoms with Crippen LogP contribution in [-0.2, 0) is 10.0 Å². The van der Waals surface area contributed by atoms with E-state index in [-0.39, 0.29) is 14.9 Å². The summed E-state index contributed by atoms with van der Waals surface area (Å²) >= 11 is 3.01. The third kappa shape index (κ3) is 3.76. The smallest absolute Gasteiger partial charge is 0.336 e. The average molecular weight is 368 g/mol. The molecule has 0 saturated heterocycles. The summed E-state index contributed by atoms with van der Waals surface area (Å²) in [5.41, 5.74) is -1.64. The maximum atomic E-state index is 12.1. The van der Waals surface area contributed by atoms with Gasteiger partial charge in [-0.25, -0.2) is 17.9 Å². The molecule has 0 atom stereocenters. The second kappa shape index (κ2) is 6.19. The molecule has 0 aliphatic rings. The van der Waals surface area contributed by atoms with Crippen molar-refractivity contribution in [1.82, 2.24) is 4.72 Å². The van der Waals surface area contributed by atoms with Crippen LogP contribution < -0.4 is 4.72 Å². The number of aliphatic hydroxyl groups is 2. The van der Waals surface area contributed by atoms with Gasteiger partial charge in [-0.2, -0.15) is 0 Å². The number of carboxylic acids is 1. The fourth-order valence-electron chi connectivity index (χ4n) is 1.33. The standard InChI is InChI=1S/C11H14BrNO6S/c1-11(5-14,6-15)13-20(18,19)7-2-3-9(12)8(4-7)10(16)17/h2-4,13-15H,5-6H2,1H3,(H,16,17). The van der Waals surface area contributed by atoms with Crippen LogP contribution in [0.2, 0.25) is 0 Å². The Balaban J connectivity index is 3.23. The zero-order valence-electron chi connectivity index (χ0n) is 10.5. The first kappa shape index (κ1) is 17.1. The van der Waals surface area contributed by atoms with Gasteiger partial charge in [-0.1, -0.05) is 0 Å². The van der Waals surface area contributed by atoms with Gasteiger partial charge in [-0.3, -0.25) is 0 Å². The predicted molar refractivity (Wildman–Crippen MR) is 74.0 cm³/mol. The van der Waals surface area contributed by atoms with Gasteiger partial charge >= 0.3 is 5.97 Å². The monoisotopic (exact) mass is 367 g/mol.